The number of nitrogens with one attached hydrogen (secondary N) is 1. The smallest absolute Gasteiger partial charge is 0.0656 e. The van der Waals surface area contributed by atoms with Crippen molar-refractivity contribution in [3.8, 4) is 6.07 Å². The zero-order chi connectivity index (χ0) is 15.9. The minimum Gasteiger partial charge on any atom is -0.382 e. The lowest BCUT2D eigenvalue weighted by Gasteiger charge is -2.27. The van der Waals surface area contributed by atoms with Crippen molar-refractivity contribution >= 4 is 17.4 Å². The van der Waals surface area contributed by atoms with Gasteiger partial charge in [-0.3, -0.25) is 0 Å². The zero-order valence-corrected chi connectivity index (χ0v) is 14.5. The highest BCUT2D eigenvalue weighted by Gasteiger charge is 2.21. The molecule has 0 spiro atoms. The van der Waals surface area contributed by atoms with E-state index in [-0.39, 0.29) is 5.92 Å². The Morgan fingerprint density at radius 2 is 2.09 bits per heavy atom. The van der Waals surface area contributed by atoms with E-state index in [1.807, 2.05) is 0 Å². The molecule has 3 nitrogen and oxygen atoms in total. The lowest BCUT2D eigenvalue weighted by Crippen LogP contribution is -2.26. The highest BCUT2D eigenvalue weighted by molar-refractivity contribution is 7.99. The number of nitrogens with zero attached hydrogens (tertiary/aromatic N) is 1. The molecule has 1 aromatic rings. The lowest BCUT2D eigenvalue weighted by atomic mass is 9.86. The second-order valence-corrected chi connectivity index (χ2v) is 7.95. The standard InChI is InChI=1S/C19H26N2OS/c20-13-15-3-1-5-17(11-15)21-18-6-2-4-16(12-18)14-23-19-7-9-22-10-8-19/h2,4,6,12,15,17,19,21H,1,3,5,7-11,14H2/t15-,17+/m0/s1. The van der Waals surface area contributed by atoms with Gasteiger partial charge in [-0.2, -0.15) is 17.0 Å². The fourth-order valence-electron chi connectivity index (χ4n) is 3.48. The van der Waals surface area contributed by atoms with Crippen molar-refractivity contribution in [2.24, 2.45) is 5.92 Å². The summed E-state index contributed by atoms with van der Waals surface area (Å²) in [5, 5.41) is 13.5. The second-order valence-electron chi connectivity index (χ2n) is 6.66. The molecular weight excluding hydrogens is 304 g/mol. The van der Waals surface area contributed by atoms with Crippen LogP contribution in [-0.2, 0) is 10.5 Å². The van der Waals surface area contributed by atoms with E-state index in [0.29, 0.717) is 6.04 Å². The quantitative estimate of drug-likeness (QED) is 0.857. The minimum atomic E-state index is 0.230. The average Bonchev–Trinajstić information content (AvgIpc) is 2.61. The molecule has 2 atom stereocenters. The Labute approximate surface area is 143 Å². The predicted molar refractivity (Wildman–Crippen MR) is 96.6 cm³/mol. The van der Waals surface area contributed by atoms with Crippen LogP contribution in [0.25, 0.3) is 0 Å². The Kier molecular flexibility index (Phi) is 6.24. The molecule has 1 saturated carbocycles. The molecule has 3 rings (SSSR count). The molecule has 124 valence electrons. The summed E-state index contributed by atoms with van der Waals surface area (Å²) in [6.45, 7) is 1.84. The minimum absolute atomic E-state index is 0.230. The molecular formula is C19H26N2OS. The monoisotopic (exact) mass is 330 g/mol. The van der Waals surface area contributed by atoms with Crippen LogP contribution in [0.1, 0.15) is 44.1 Å². The highest BCUT2D eigenvalue weighted by atomic mass is 32.2. The number of ether oxygens (including phenoxy) is 1. The van der Waals surface area contributed by atoms with Crippen molar-refractivity contribution in [2.75, 3.05) is 18.5 Å². The van der Waals surface area contributed by atoms with Crippen LogP contribution in [0.2, 0.25) is 0 Å². The van der Waals surface area contributed by atoms with E-state index < -0.39 is 0 Å². The molecule has 0 unspecified atom stereocenters. The third kappa shape index (κ3) is 5.16. The Balaban J connectivity index is 1.51. The summed E-state index contributed by atoms with van der Waals surface area (Å²) in [5.41, 5.74) is 2.60. The van der Waals surface area contributed by atoms with E-state index in [1.165, 1.54) is 30.5 Å². The van der Waals surface area contributed by atoms with Gasteiger partial charge in [0.1, 0.15) is 0 Å². The van der Waals surface area contributed by atoms with Gasteiger partial charge in [0.25, 0.3) is 0 Å². The maximum Gasteiger partial charge on any atom is 0.0656 e. The Morgan fingerprint density at radius 1 is 1.22 bits per heavy atom. The fraction of sp³-hybridized carbons (Fsp3) is 0.632. The van der Waals surface area contributed by atoms with Gasteiger partial charge < -0.3 is 10.1 Å². The molecule has 0 radical (unpaired) electrons. The number of hydrogen-bond acceptors (Lipinski definition) is 4. The zero-order valence-electron chi connectivity index (χ0n) is 13.7. The van der Waals surface area contributed by atoms with Gasteiger partial charge in [0.15, 0.2) is 0 Å². The SMILES string of the molecule is N#C[C@H]1CCC[C@@H](Nc2cccc(CSC3CCOCC3)c2)C1. The first-order valence-electron chi connectivity index (χ1n) is 8.78. The van der Waals surface area contributed by atoms with E-state index in [1.54, 1.807) is 0 Å². The topological polar surface area (TPSA) is 45.0 Å². The maximum absolute atomic E-state index is 9.12. The van der Waals surface area contributed by atoms with Crippen molar-refractivity contribution in [2.45, 2.75) is 55.6 Å². The maximum atomic E-state index is 9.12. The molecule has 2 fully saturated rings. The molecule has 1 aliphatic carbocycles. The third-order valence-corrected chi connectivity index (χ3v) is 6.25. The Morgan fingerprint density at radius 3 is 2.91 bits per heavy atom. The van der Waals surface area contributed by atoms with Gasteiger partial charge in [0.2, 0.25) is 0 Å². The first kappa shape index (κ1) is 16.7. The lowest BCUT2D eigenvalue weighted by molar-refractivity contribution is 0.1000. The number of benzene rings is 1. The van der Waals surface area contributed by atoms with Crippen LogP contribution in [0.5, 0.6) is 0 Å². The van der Waals surface area contributed by atoms with Crippen LogP contribution in [0.15, 0.2) is 24.3 Å². The van der Waals surface area contributed by atoms with Gasteiger partial charge in [-0.25, -0.2) is 0 Å². The third-order valence-electron chi connectivity index (χ3n) is 4.81. The largest absolute Gasteiger partial charge is 0.382 e. The number of anilines is 1. The number of hydrogen-bond donors (Lipinski definition) is 1. The van der Waals surface area contributed by atoms with Crippen molar-refractivity contribution in [1.29, 1.82) is 5.26 Å². The summed E-state index contributed by atoms with van der Waals surface area (Å²) in [4.78, 5) is 0. The van der Waals surface area contributed by atoms with E-state index in [0.717, 1.165) is 43.5 Å². The van der Waals surface area contributed by atoms with E-state index in [9.17, 15) is 0 Å². The van der Waals surface area contributed by atoms with Gasteiger partial charge in [-0.15, -0.1) is 0 Å². The van der Waals surface area contributed by atoms with Crippen LogP contribution >= 0.6 is 11.8 Å². The van der Waals surface area contributed by atoms with E-state index in [2.05, 4.69) is 47.4 Å². The van der Waals surface area contributed by atoms with Gasteiger partial charge in [0, 0.05) is 41.9 Å². The molecule has 4 heteroatoms. The van der Waals surface area contributed by atoms with Crippen LogP contribution in [0.4, 0.5) is 5.69 Å². The predicted octanol–water partition coefficient (Wildman–Crippen LogP) is 4.59. The number of nitriles is 1. The molecule has 1 aromatic carbocycles. The fourth-order valence-corrected chi connectivity index (χ4v) is 4.61. The Hall–Kier alpha value is -1.18. The number of thioether (sulfide) groups is 1. The molecule has 0 aromatic heterocycles. The Bertz CT molecular complexity index is 536. The van der Waals surface area contributed by atoms with Crippen LogP contribution in [0, 0.1) is 17.2 Å². The van der Waals surface area contributed by atoms with Gasteiger partial charge >= 0.3 is 0 Å². The van der Waals surface area contributed by atoms with Crippen molar-refractivity contribution < 1.29 is 4.74 Å². The van der Waals surface area contributed by atoms with Gasteiger partial charge in [-0.1, -0.05) is 18.6 Å². The summed E-state index contributed by atoms with van der Waals surface area (Å²) in [5.74, 6) is 1.31. The average molecular weight is 330 g/mol. The van der Waals surface area contributed by atoms with Crippen molar-refractivity contribution in [3.63, 3.8) is 0 Å². The molecule has 0 amide bonds. The first-order chi connectivity index (χ1) is 11.3. The first-order valence-corrected chi connectivity index (χ1v) is 9.83. The van der Waals surface area contributed by atoms with Gasteiger partial charge in [-0.05, 0) is 49.8 Å². The molecule has 2 aliphatic rings. The summed E-state index contributed by atoms with van der Waals surface area (Å²) in [7, 11) is 0. The highest BCUT2D eigenvalue weighted by Crippen LogP contribution is 2.28. The molecule has 1 heterocycles. The van der Waals surface area contributed by atoms with Crippen LogP contribution in [-0.4, -0.2) is 24.5 Å². The number of rotatable bonds is 5. The van der Waals surface area contributed by atoms with Crippen molar-refractivity contribution in [3.05, 3.63) is 29.8 Å². The second kappa shape index (κ2) is 8.61. The summed E-state index contributed by atoms with van der Waals surface area (Å²) < 4.78 is 5.43. The normalized spacial score (nSPS) is 25.7. The van der Waals surface area contributed by atoms with Gasteiger partial charge in [0.05, 0.1) is 6.07 Å². The van der Waals surface area contributed by atoms with E-state index >= 15 is 0 Å². The summed E-state index contributed by atoms with van der Waals surface area (Å²) in [6.07, 6.45) is 6.75. The van der Waals surface area contributed by atoms with Crippen LogP contribution < -0.4 is 5.32 Å². The summed E-state index contributed by atoms with van der Waals surface area (Å²) >= 11 is 2.06. The van der Waals surface area contributed by atoms with Crippen LogP contribution in [0.3, 0.4) is 0 Å². The molecule has 0 bridgehead atoms. The molecule has 23 heavy (non-hydrogen) atoms. The molecule has 1 saturated heterocycles. The van der Waals surface area contributed by atoms with Crippen molar-refractivity contribution in [1.82, 2.24) is 0 Å². The molecule has 1 N–H and O–H groups in total. The summed E-state index contributed by atoms with van der Waals surface area (Å²) in [6, 6.07) is 11.7. The molecule has 1 aliphatic heterocycles. The van der Waals surface area contributed by atoms with E-state index in [4.69, 9.17) is 10.00 Å².